The predicted octanol–water partition coefficient (Wildman–Crippen LogP) is 2.02. The van der Waals surface area contributed by atoms with Crippen molar-refractivity contribution < 1.29 is 14.3 Å². The smallest absolute Gasteiger partial charge is 0.257 e. The molecular formula is C14H19NO3S. The van der Waals surface area contributed by atoms with Gasteiger partial charge in [0.2, 0.25) is 0 Å². The molecule has 0 spiro atoms. The molecule has 0 bridgehead atoms. The second-order valence-corrected chi connectivity index (χ2v) is 4.86. The van der Waals surface area contributed by atoms with Gasteiger partial charge < -0.3 is 14.4 Å². The van der Waals surface area contributed by atoms with E-state index in [0.29, 0.717) is 37.6 Å². The molecule has 5 heteroatoms. The van der Waals surface area contributed by atoms with Gasteiger partial charge in [-0.3, -0.25) is 4.79 Å². The highest BCUT2D eigenvalue weighted by Gasteiger charge is 2.23. The number of thiol groups is 1. The van der Waals surface area contributed by atoms with Gasteiger partial charge in [0.05, 0.1) is 30.8 Å². The maximum absolute atomic E-state index is 12.5. The first-order valence-corrected chi connectivity index (χ1v) is 6.89. The van der Waals surface area contributed by atoms with Gasteiger partial charge in [0.25, 0.3) is 5.91 Å². The van der Waals surface area contributed by atoms with Gasteiger partial charge >= 0.3 is 0 Å². The van der Waals surface area contributed by atoms with Gasteiger partial charge in [0, 0.05) is 13.1 Å². The van der Waals surface area contributed by atoms with Crippen LogP contribution in [0.15, 0.2) is 17.0 Å². The van der Waals surface area contributed by atoms with E-state index >= 15 is 0 Å². The van der Waals surface area contributed by atoms with Gasteiger partial charge in [0.1, 0.15) is 5.75 Å². The summed E-state index contributed by atoms with van der Waals surface area (Å²) >= 11 is 4.48. The molecule has 1 aromatic rings. The third kappa shape index (κ3) is 2.87. The second-order valence-electron chi connectivity index (χ2n) is 4.41. The van der Waals surface area contributed by atoms with Crippen LogP contribution in [0.1, 0.15) is 22.8 Å². The van der Waals surface area contributed by atoms with Crippen molar-refractivity contribution in [3.63, 3.8) is 0 Å². The number of methoxy groups -OCH3 is 1. The van der Waals surface area contributed by atoms with Crippen molar-refractivity contribution >= 4 is 18.5 Å². The van der Waals surface area contributed by atoms with Gasteiger partial charge in [-0.15, -0.1) is 12.6 Å². The Bertz CT molecular complexity index is 470. The topological polar surface area (TPSA) is 38.8 Å². The zero-order valence-electron chi connectivity index (χ0n) is 11.3. The minimum atomic E-state index is -0.0156. The number of ether oxygens (including phenoxy) is 2. The first kappa shape index (κ1) is 14.2. The first-order valence-electron chi connectivity index (χ1n) is 6.44. The summed E-state index contributed by atoms with van der Waals surface area (Å²) in [6.07, 6.45) is 0.862. The Morgan fingerprint density at radius 3 is 2.68 bits per heavy atom. The standard InChI is InChI=1S/C14H19NO3S/c1-3-10-4-5-11(12(17-2)13(10)19)14(16)15-6-8-18-9-7-15/h4-5,19H,3,6-9H2,1-2H3. The lowest BCUT2D eigenvalue weighted by atomic mass is 10.1. The van der Waals surface area contributed by atoms with Crippen LogP contribution in [-0.2, 0) is 11.2 Å². The van der Waals surface area contributed by atoms with Crippen molar-refractivity contribution in [2.75, 3.05) is 33.4 Å². The van der Waals surface area contributed by atoms with E-state index in [-0.39, 0.29) is 5.91 Å². The highest BCUT2D eigenvalue weighted by atomic mass is 32.1. The highest BCUT2D eigenvalue weighted by molar-refractivity contribution is 7.80. The number of morpholine rings is 1. The molecule has 1 fully saturated rings. The quantitative estimate of drug-likeness (QED) is 0.862. The molecule has 1 heterocycles. The summed E-state index contributed by atoms with van der Waals surface area (Å²) in [6.45, 7) is 4.49. The Morgan fingerprint density at radius 1 is 1.42 bits per heavy atom. The molecule has 0 atom stereocenters. The van der Waals surface area contributed by atoms with Gasteiger partial charge in [0.15, 0.2) is 0 Å². The van der Waals surface area contributed by atoms with E-state index in [1.165, 1.54) is 0 Å². The number of hydrogen-bond acceptors (Lipinski definition) is 4. The molecule has 0 unspecified atom stereocenters. The summed E-state index contributed by atoms with van der Waals surface area (Å²) in [4.78, 5) is 15.0. The van der Waals surface area contributed by atoms with Crippen LogP contribution in [-0.4, -0.2) is 44.2 Å². The Morgan fingerprint density at radius 2 is 2.11 bits per heavy atom. The van der Waals surface area contributed by atoms with Gasteiger partial charge in [-0.2, -0.15) is 0 Å². The fourth-order valence-corrected chi connectivity index (χ4v) is 2.65. The molecule has 1 aromatic carbocycles. The molecule has 2 rings (SSSR count). The maximum Gasteiger partial charge on any atom is 0.257 e. The van der Waals surface area contributed by atoms with Gasteiger partial charge in [-0.05, 0) is 18.1 Å². The third-order valence-corrected chi connectivity index (χ3v) is 3.82. The lowest BCUT2D eigenvalue weighted by molar-refractivity contribution is 0.0300. The molecule has 1 aliphatic heterocycles. The predicted molar refractivity (Wildman–Crippen MR) is 76.3 cm³/mol. The van der Waals surface area contributed by atoms with Crippen molar-refractivity contribution in [2.45, 2.75) is 18.2 Å². The summed E-state index contributed by atoms with van der Waals surface area (Å²) in [7, 11) is 1.57. The van der Waals surface area contributed by atoms with Crippen molar-refractivity contribution in [1.29, 1.82) is 0 Å². The van der Waals surface area contributed by atoms with E-state index in [1.807, 2.05) is 12.1 Å². The summed E-state index contributed by atoms with van der Waals surface area (Å²) in [5, 5.41) is 0. The molecule has 0 saturated carbocycles. The van der Waals surface area contributed by atoms with Crippen LogP contribution in [0.4, 0.5) is 0 Å². The molecule has 1 saturated heterocycles. The van der Waals surface area contributed by atoms with E-state index in [0.717, 1.165) is 16.9 Å². The summed E-state index contributed by atoms with van der Waals surface area (Å²) in [6, 6.07) is 3.77. The fraction of sp³-hybridized carbons (Fsp3) is 0.500. The average molecular weight is 281 g/mol. The molecule has 0 aromatic heterocycles. The Kier molecular flexibility index (Phi) is 4.71. The van der Waals surface area contributed by atoms with Crippen molar-refractivity contribution in [3.8, 4) is 5.75 Å². The number of nitrogens with zero attached hydrogens (tertiary/aromatic N) is 1. The molecule has 104 valence electrons. The molecule has 0 N–H and O–H groups in total. The van der Waals surface area contributed by atoms with Crippen LogP contribution in [0.5, 0.6) is 5.75 Å². The van der Waals surface area contributed by atoms with Crippen LogP contribution in [0.25, 0.3) is 0 Å². The summed E-state index contributed by atoms with van der Waals surface area (Å²) in [5.74, 6) is 0.553. The number of rotatable bonds is 3. The van der Waals surface area contributed by atoms with E-state index in [9.17, 15) is 4.79 Å². The molecule has 0 aliphatic carbocycles. The van der Waals surface area contributed by atoms with Crippen LogP contribution in [0.2, 0.25) is 0 Å². The highest BCUT2D eigenvalue weighted by Crippen LogP contribution is 2.31. The van der Waals surface area contributed by atoms with E-state index in [2.05, 4.69) is 19.6 Å². The third-order valence-electron chi connectivity index (χ3n) is 3.33. The fourth-order valence-electron chi connectivity index (χ4n) is 2.21. The number of carbonyl (C=O) groups is 1. The zero-order valence-corrected chi connectivity index (χ0v) is 12.2. The number of aryl methyl sites for hydroxylation is 1. The van der Waals surface area contributed by atoms with E-state index in [4.69, 9.17) is 9.47 Å². The number of amides is 1. The molecule has 4 nitrogen and oxygen atoms in total. The number of benzene rings is 1. The van der Waals surface area contributed by atoms with Gasteiger partial charge in [-0.1, -0.05) is 13.0 Å². The largest absolute Gasteiger partial charge is 0.495 e. The molecule has 1 amide bonds. The maximum atomic E-state index is 12.5. The van der Waals surface area contributed by atoms with Crippen molar-refractivity contribution in [2.24, 2.45) is 0 Å². The first-order chi connectivity index (χ1) is 9.19. The second kappa shape index (κ2) is 6.30. The van der Waals surface area contributed by atoms with E-state index in [1.54, 1.807) is 12.0 Å². The average Bonchev–Trinajstić information content (AvgIpc) is 2.47. The van der Waals surface area contributed by atoms with E-state index < -0.39 is 0 Å². The van der Waals surface area contributed by atoms with Crippen molar-refractivity contribution in [3.05, 3.63) is 23.3 Å². The molecule has 1 aliphatic rings. The normalized spacial score (nSPS) is 15.4. The number of hydrogen-bond donors (Lipinski definition) is 1. The molecular weight excluding hydrogens is 262 g/mol. The Balaban J connectivity index is 2.33. The lowest BCUT2D eigenvalue weighted by Gasteiger charge is -2.27. The van der Waals surface area contributed by atoms with Crippen molar-refractivity contribution in [1.82, 2.24) is 4.90 Å². The minimum Gasteiger partial charge on any atom is -0.495 e. The molecule has 0 radical (unpaired) electrons. The van der Waals surface area contributed by atoms with Crippen LogP contribution in [0, 0.1) is 0 Å². The SMILES string of the molecule is CCc1ccc(C(=O)N2CCOCC2)c(OC)c1S. The zero-order chi connectivity index (χ0) is 13.8. The van der Waals surface area contributed by atoms with Gasteiger partial charge in [-0.25, -0.2) is 0 Å². The summed E-state index contributed by atoms with van der Waals surface area (Å²) < 4.78 is 10.6. The van der Waals surface area contributed by atoms with Crippen LogP contribution < -0.4 is 4.74 Å². The molecule has 19 heavy (non-hydrogen) atoms. The Hall–Kier alpha value is -1.20. The van der Waals surface area contributed by atoms with Crippen LogP contribution >= 0.6 is 12.6 Å². The minimum absolute atomic E-state index is 0.0156. The monoisotopic (exact) mass is 281 g/mol. The lowest BCUT2D eigenvalue weighted by Crippen LogP contribution is -2.40. The van der Waals surface area contributed by atoms with Crippen LogP contribution in [0.3, 0.4) is 0 Å². The summed E-state index contributed by atoms with van der Waals surface area (Å²) in [5.41, 5.74) is 1.66. The number of carbonyl (C=O) groups excluding carboxylic acids is 1. The Labute approximate surface area is 119 Å².